The predicted molar refractivity (Wildman–Crippen MR) is 143 cm³/mol. The summed E-state index contributed by atoms with van der Waals surface area (Å²) in [6.07, 6.45) is 1.03. The molecule has 0 fully saturated rings. The Balaban J connectivity index is 1.59. The number of rotatable bonds is 7. The second kappa shape index (κ2) is 10.4. The Kier molecular flexibility index (Phi) is 7.09. The number of amides is 3. The van der Waals surface area contributed by atoms with Gasteiger partial charge in [-0.1, -0.05) is 29.8 Å². The lowest BCUT2D eigenvalue weighted by molar-refractivity contribution is -0.123. The number of imidazole rings is 1. The molecule has 0 aliphatic carbocycles. The molecule has 4 aromatic rings. The highest BCUT2D eigenvalue weighted by Gasteiger charge is 2.36. The molecule has 0 spiro atoms. The zero-order valence-corrected chi connectivity index (χ0v) is 22.6. The third-order valence-electron chi connectivity index (χ3n) is 5.94. The summed E-state index contributed by atoms with van der Waals surface area (Å²) in [5, 5.41) is 8.63. The predicted octanol–water partition coefficient (Wildman–Crippen LogP) is 2.53. The number of carbonyl (C=O) groups excluding carboxylic acids is 3. The average molecular weight is 591 g/mol. The van der Waals surface area contributed by atoms with Crippen LogP contribution in [0.5, 0.6) is 0 Å². The molecule has 2 aromatic carbocycles. The van der Waals surface area contributed by atoms with E-state index in [0.29, 0.717) is 5.39 Å². The number of aromatic nitrogens is 3. The minimum atomic E-state index is -3.35. The molecule has 15 heteroatoms. The molecule has 1 aliphatic heterocycles. The second-order valence-electron chi connectivity index (χ2n) is 8.79. The topological polar surface area (TPSA) is 152 Å². The fourth-order valence-corrected chi connectivity index (χ4v) is 5.68. The van der Waals surface area contributed by atoms with Gasteiger partial charge in [0.2, 0.25) is 11.7 Å². The molecule has 11 nitrogen and oxygen atoms in total. The summed E-state index contributed by atoms with van der Waals surface area (Å²) >= 11 is 7.49. The first-order valence-corrected chi connectivity index (χ1v) is 14.7. The standard InChI is InChI=1S/C24H20ClFN6O5S2/c1-39(36,37)9-8-27-24(35)22-29-21(30-23(34)19-13-4-2-3-5-16(13)38-31-19)20-18(28-17(33)11-32(20)22)14-10-12(26)6-7-15(14)25/h2-7,10,18H,8-9,11H2,1H3,(H,27,35)(H,28,33)(H,30,34). The van der Waals surface area contributed by atoms with E-state index in [1.807, 2.05) is 12.1 Å². The first-order chi connectivity index (χ1) is 18.5. The quantitative estimate of drug-likeness (QED) is 0.299. The summed E-state index contributed by atoms with van der Waals surface area (Å²) < 4.78 is 43.5. The van der Waals surface area contributed by atoms with Crippen LogP contribution in [0.1, 0.15) is 38.4 Å². The van der Waals surface area contributed by atoms with E-state index in [-0.39, 0.29) is 52.5 Å². The Morgan fingerprint density at radius 2 is 2.00 bits per heavy atom. The number of nitrogens with one attached hydrogen (secondary N) is 3. The van der Waals surface area contributed by atoms with Crippen LogP contribution in [0.4, 0.5) is 10.2 Å². The Morgan fingerprint density at radius 3 is 2.77 bits per heavy atom. The van der Waals surface area contributed by atoms with Crippen LogP contribution in [0.25, 0.3) is 10.1 Å². The maximum absolute atomic E-state index is 14.2. The maximum Gasteiger partial charge on any atom is 0.287 e. The van der Waals surface area contributed by atoms with Crippen LogP contribution >= 0.6 is 23.1 Å². The van der Waals surface area contributed by atoms with Crippen LogP contribution in [0.3, 0.4) is 0 Å². The molecule has 39 heavy (non-hydrogen) atoms. The summed E-state index contributed by atoms with van der Waals surface area (Å²) in [6.45, 7) is -0.534. The van der Waals surface area contributed by atoms with Crippen molar-refractivity contribution in [3.8, 4) is 0 Å². The molecule has 0 saturated carbocycles. The average Bonchev–Trinajstić information content (AvgIpc) is 3.46. The molecule has 1 atom stereocenters. The van der Waals surface area contributed by atoms with Gasteiger partial charge in [0, 0.05) is 28.8 Å². The van der Waals surface area contributed by atoms with Crippen molar-refractivity contribution in [2.75, 3.05) is 23.9 Å². The van der Waals surface area contributed by atoms with Crippen molar-refractivity contribution in [1.29, 1.82) is 0 Å². The molecule has 202 valence electrons. The number of hydrogen-bond acceptors (Lipinski definition) is 8. The Bertz CT molecular complexity index is 1750. The molecule has 3 amide bonds. The van der Waals surface area contributed by atoms with Crippen molar-refractivity contribution in [3.63, 3.8) is 0 Å². The van der Waals surface area contributed by atoms with Crippen molar-refractivity contribution in [3.05, 3.63) is 76.1 Å². The molecule has 0 saturated heterocycles. The van der Waals surface area contributed by atoms with Crippen molar-refractivity contribution in [1.82, 2.24) is 24.6 Å². The van der Waals surface area contributed by atoms with Crippen LogP contribution < -0.4 is 16.0 Å². The third-order valence-corrected chi connectivity index (χ3v) is 8.06. The largest absolute Gasteiger partial charge is 0.348 e. The zero-order valence-electron chi connectivity index (χ0n) is 20.2. The van der Waals surface area contributed by atoms with E-state index in [0.717, 1.165) is 34.6 Å². The number of hydrogen-bond donors (Lipinski definition) is 3. The first kappa shape index (κ1) is 26.7. The maximum atomic E-state index is 14.2. The van der Waals surface area contributed by atoms with Crippen LogP contribution in [-0.2, 0) is 21.2 Å². The molecule has 1 unspecified atom stereocenters. The van der Waals surface area contributed by atoms with Crippen LogP contribution in [-0.4, -0.2) is 58.6 Å². The van der Waals surface area contributed by atoms with Gasteiger partial charge < -0.3 is 20.5 Å². The van der Waals surface area contributed by atoms with E-state index < -0.39 is 39.4 Å². The number of anilines is 1. The number of sulfone groups is 1. The molecule has 0 radical (unpaired) electrons. The summed E-state index contributed by atoms with van der Waals surface area (Å²) in [4.78, 5) is 43.4. The minimum Gasteiger partial charge on any atom is -0.348 e. The lowest BCUT2D eigenvalue weighted by Crippen LogP contribution is -2.41. The zero-order chi connectivity index (χ0) is 27.9. The van der Waals surface area contributed by atoms with Crippen molar-refractivity contribution >= 4 is 66.6 Å². The van der Waals surface area contributed by atoms with Crippen molar-refractivity contribution in [2.45, 2.75) is 12.6 Å². The van der Waals surface area contributed by atoms with Gasteiger partial charge in [-0.2, -0.15) is 4.37 Å². The third kappa shape index (κ3) is 5.48. The first-order valence-electron chi connectivity index (χ1n) is 11.5. The van der Waals surface area contributed by atoms with E-state index in [1.165, 1.54) is 10.6 Å². The fourth-order valence-electron chi connectivity index (χ4n) is 4.21. The number of nitrogens with zero attached hydrogens (tertiary/aromatic N) is 3. The van der Waals surface area contributed by atoms with Gasteiger partial charge in [0.1, 0.15) is 27.9 Å². The smallest absolute Gasteiger partial charge is 0.287 e. The summed E-state index contributed by atoms with van der Waals surface area (Å²) in [5.41, 5.74) is 0.504. The SMILES string of the molecule is CS(=O)(=O)CCNC(=O)c1nc(NC(=O)c2nsc3ccccc23)c2n1CC(=O)NC2c1cc(F)ccc1Cl. The number of benzene rings is 2. The van der Waals surface area contributed by atoms with Crippen LogP contribution in [0.15, 0.2) is 42.5 Å². The molecular weight excluding hydrogens is 571 g/mol. The van der Waals surface area contributed by atoms with Gasteiger partial charge in [-0.05, 0) is 35.8 Å². The Hall–Kier alpha value is -3.88. The molecule has 3 heterocycles. The number of halogens is 2. The van der Waals surface area contributed by atoms with Gasteiger partial charge >= 0.3 is 0 Å². The van der Waals surface area contributed by atoms with Crippen molar-refractivity contribution < 1.29 is 27.2 Å². The second-order valence-corrected chi connectivity index (χ2v) is 12.3. The van der Waals surface area contributed by atoms with Gasteiger partial charge in [-0.3, -0.25) is 14.4 Å². The minimum absolute atomic E-state index is 0.0735. The van der Waals surface area contributed by atoms with E-state index in [2.05, 4.69) is 25.3 Å². The number of carbonyl (C=O) groups is 3. The molecule has 0 bridgehead atoms. The van der Waals surface area contributed by atoms with E-state index in [1.54, 1.807) is 12.1 Å². The van der Waals surface area contributed by atoms with E-state index in [4.69, 9.17) is 11.6 Å². The van der Waals surface area contributed by atoms with Crippen molar-refractivity contribution in [2.24, 2.45) is 0 Å². The lowest BCUT2D eigenvalue weighted by atomic mass is 10.0. The van der Waals surface area contributed by atoms with Gasteiger partial charge in [-0.15, -0.1) is 0 Å². The highest BCUT2D eigenvalue weighted by molar-refractivity contribution is 7.90. The highest BCUT2D eigenvalue weighted by Crippen LogP contribution is 2.36. The molecular formula is C24H20ClFN6O5S2. The number of fused-ring (bicyclic) bond motifs is 2. The van der Waals surface area contributed by atoms with Gasteiger partial charge in [0.25, 0.3) is 11.8 Å². The van der Waals surface area contributed by atoms with E-state index >= 15 is 0 Å². The monoisotopic (exact) mass is 590 g/mol. The Morgan fingerprint density at radius 1 is 1.23 bits per heavy atom. The van der Waals surface area contributed by atoms with Gasteiger partial charge in [-0.25, -0.2) is 17.8 Å². The van der Waals surface area contributed by atoms with Gasteiger partial charge in [0.15, 0.2) is 5.82 Å². The molecule has 1 aliphatic rings. The van der Waals surface area contributed by atoms with Gasteiger partial charge in [0.05, 0.1) is 22.2 Å². The highest BCUT2D eigenvalue weighted by atomic mass is 35.5. The van der Waals surface area contributed by atoms with E-state index in [9.17, 15) is 27.2 Å². The molecule has 5 rings (SSSR count). The summed E-state index contributed by atoms with van der Waals surface area (Å²) in [7, 11) is -3.35. The normalized spacial score (nSPS) is 15.1. The fraction of sp³-hybridized carbons (Fsp3) is 0.208. The molecule has 2 aromatic heterocycles. The Labute approximate surface area is 230 Å². The molecule has 3 N–H and O–H groups in total. The lowest BCUT2D eigenvalue weighted by Gasteiger charge is -2.28. The van der Waals surface area contributed by atoms with Crippen LogP contribution in [0, 0.1) is 5.82 Å². The summed E-state index contributed by atoms with van der Waals surface area (Å²) in [6, 6.07) is 9.70. The summed E-state index contributed by atoms with van der Waals surface area (Å²) in [5.74, 6) is -3.14. The van der Waals surface area contributed by atoms with Crippen LogP contribution in [0.2, 0.25) is 5.02 Å².